The summed E-state index contributed by atoms with van der Waals surface area (Å²) < 4.78 is 26.2. The number of ether oxygens (including phenoxy) is 2. The molecule has 6 heteroatoms. The summed E-state index contributed by atoms with van der Waals surface area (Å²) in [6, 6.07) is 3.87. The first-order valence-corrected chi connectivity index (χ1v) is 9.18. The van der Waals surface area contributed by atoms with Gasteiger partial charge in [-0.1, -0.05) is 0 Å². The fourth-order valence-electron chi connectivity index (χ4n) is 4.13. The van der Waals surface area contributed by atoms with Crippen LogP contribution in [-0.2, 0) is 20.9 Å². The van der Waals surface area contributed by atoms with E-state index in [-0.39, 0.29) is 17.4 Å². The van der Waals surface area contributed by atoms with Gasteiger partial charge in [0.05, 0.1) is 19.3 Å². The number of halogens is 1. The normalized spacial score (nSPS) is 30.6. The number of pyridine rings is 1. The molecule has 0 spiro atoms. The van der Waals surface area contributed by atoms with E-state index in [4.69, 9.17) is 9.47 Å². The zero-order valence-corrected chi connectivity index (χ0v) is 14.5. The van der Waals surface area contributed by atoms with Gasteiger partial charge in [-0.05, 0) is 49.8 Å². The van der Waals surface area contributed by atoms with Crippen molar-refractivity contribution in [2.24, 2.45) is 5.41 Å². The van der Waals surface area contributed by atoms with E-state index in [1.165, 1.54) is 0 Å². The quantitative estimate of drug-likeness (QED) is 0.820. The molecule has 2 atom stereocenters. The van der Waals surface area contributed by atoms with Crippen LogP contribution in [0.1, 0.15) is 37.7 Å². The van der Waals surface area contributed by atoms with Crippen LogP contribution in [0.4, 0.5) is 4.39 Å². The second-order valence-electron chi connectivity index (χ2n) is 7.65. The first kappa shape index (κ1) is 16.9. The molecule has 25 heavy (non-hydrogen) atoms. The highest BCUT2D eigenvalue weighted by Gasteiger charge is 2.56. The van der Waals surface area contributed by atoms with Crippen molar-refractivity contribution in [3.05, 3.63) is 30.1 Å². The third kappa shape index (κ3) is 3.42. The summed E-state index contributed by atoms with van der Waals surface area (Å²) in [5.74, 6) is -0.329. The number of fused-ring (bicyclic) bond motifs is 1. The van der Waals surface area contributed by atoms with Crippen LogP contribution in [0.15, 0.2) is 24.5 Å². The van der Waals surface area contributed by atoms with Gasteiger partial charge in [-0.3, -0.25) is 9.78 Å². The van der Waals surface area contributed by atoms with Crippen LogP contribution in [0.25, 0.3) is 0 Å². The maximum atomic E-state index is 14.2. The van der Waals surface area contributed by atoms with E-state index in [1.54, 1.807) is 17.3 Å². The molecule has 2 unspecified atom stereocenters. The van der Waals surface area contributed by atoms with Crippen molar-refractivity contribution >= 4 is 5.91 Å². The second-order valence-corrected chi connectivity index (χ2v) is 7.65. The van der Waals surface area contributed by atoms with Crippen molar-refractivity contribution in [1.82, 2.24) is 9.88 Å². The second kappa shape index (κ2) is 6.65. The lowest BCUT2D eigenvalue weighted by Gasteiger charge is -2.50. The van der Waals surface area contributed by atoms with Crippen LogP contribution in [0, 0.1) is 5.41 Å². The molecular formula is C19H25FN2O3. The number of carbonyl (C=O) groups excluding carboxylic acids is 1. The zero-order chi connectivity index (χ0) is 17.3. The van der Waals surface area contributed by atoms with Crippen LogP contribution < -0.4 is 0 Å². The number of hydrogen-bond acceptors (Lipinski definition) is 4. The van der Waals surface area contributed by atoms with Gasteiger partial charge in [-0.2, -0.15) is 0 Å². The third-order valence-corrected chi connectivity index (χ3v) is 5.76. The minimum Gasteiger partial charge on any atom is -0.377 e. The molecule has 2 saturated heterocycles. The zero-order valence-electron chi connectivity index (χ0n) is 14.5. The minimum atomic E-state index is -1.60. The highest BCUT2D eigenvalue weighted by Crippen LogP contribution is 2.45. The molecule has 1 aromatic rings. The average molecular weight is 348 g/mol. The summed E-state index contributed by atoms with van der Waals surface area (Å²) >= 11 is 0. The molecule has 0 radical (unpaired) electrons. The Morgan fingerprint density at radius 3 is 2.92 bits per heavy atom. The molecule has 136 valence electrons. The Bertz CT molecular complexity index is 622. The lowest BCUT2D eigenvalue weighted by Crippen LogP contribution is -2.59. The lowest BCUT2D eigenvalue weighted by molar-refractivity contribution is -0.169. The minimum absolute atomic E-state index is 0.0949. The van der Waals surface area contributed by atoms with Gasteiger partial charge >= 0.3 is 0 Å². The van der Waals surface area contributed by atoms with Crippen molar-refractivity contribution in [3.8, 4) is 0 Å². The van der Waals surface area contributed by atoms with E-state index in [0.29, 0.717) is 39.1 Å². The van der Waals surface area contributed by atoms with Crippen molar-refractivity contribution in [2.45, 2.75) is 50.5 Å². The van der Waals surface area contributed by atoms with E-state index in [0.717, 1.165) is 31.4 Å². The smallest absolute Gasteiger partial charge is 0.260 e. The number of aromatic nitrogens is 1. The molecule has 0 N–H and O–H groups in total. The maximum absolute atomic E-state index is 14.2. The van der Waals surface area contributed by atoms with Crippen LogP contribution in [0.5, 0.6) is 0 Å². The molecule has 3 fully saturated rings. The van der Waals surface area contributed by atoms with Gasteiger partial charge < -0.3 is 14.4 Å². The highest BCUT2D eigenvalue weighted by molar-refractivity contribution is 5.88. The van der Waals surface area contributed by atoms with Gasteiger partial charge in [0.15, 0.2) is 5.67 Å². The maximum Gasteiger partial charge on any atom is 0.260 e. The number of rotatable bonds is 5. The van der Waals surface area contributed by atoms with E-state index >= 15 is 0 Å². The molecule has 1 amide bonds. The Hall–Kier alpha value is -1.53. The van der Waals surface area contributed by atoms with Crippen molar-refractivity contribution in [1.29, 1.82) is 0 Å². The molecule has 4 rings (SSSR count). The largest absolute Gasteiger partial charge is 0.377 e. The van der Waals surface area contributed by atoms with Gasteiger partial charge in [-0.15, -0.1) is 0 Å². The predicted octanol–water partition coefficient (Wildman–Crippen LogP) is 2.50. The summed E-state index contributed by atoms with van der Waals surface area (Å²) in [4.78, 5) is 18.2. The molecule has 2 aliphatic heterocycles. The fourth-order valence-corrected chi connectivity index (χ4v) is 4.13. The van der Waals surface area contributed by atoms with Gasteiger partial charge in [0.25, 0.3) is 5.91 Å². The van der Waals surface area contributed by atoms with Crippen molar-refractivity contribution in [2.75, 3.05) is 26.3 Å². The van der Waals surface area contributed by atoms with E-state index < -0.39 is 5.67 Å². The van der Waals surface area contributed by atoms with Crippen LogP contribution >= 0.6 is 0 Å². The first-order chi connectivity index (χ1) is 12.1. The molecule has 1 aliphatic carbocycles. The number of hydrogen-bond donors (Lipinski definition) is 0. The van der Waals surface area contributed by atoms with Gasteiger partial charge in [0.1, 0.15) is 0 Å². The number of likely N-dealkylation sites (tertiary alicyclic amines) is 1. The molecule has 0 bridgehead atoms. The van der Waals surface area contributed by atoms with Gasteiger partial charge in [0.2, 0.25) is 0 Å². The highest BCUT2D eigenvalue weighted by atomic mass is 19.1. The average Bonchev–Trinajstić information content (AvgIpc) is 3.40. The molecule has 1 aromatic heterocycles. The van der Waals surface area contributed by atoms with Crippen molar-refractivity contribution < 1.29 is 18.7 Å². The van der Waals surface area contributed by atoms with Crippen LogP contribution in [0.2, 0.25) is 0 Å². The third-order valence-electron chi connectivity index (χ3n) is 5.76. The van der Waals surface area contributed by atoms with E-state index in [1.807, 2.05) is 12.1 Å². The number of amides is 1. The Labute approximate surface area is 147 Å². The number of carbonyl (C=O) groups is 1. The molecular weight excluding hydrogens is 323 g/mol. The summed E-state index contributed by atoms with van der Waals surface area (Å²) in [6.07, 6.45) is 7.01. The summed E-state index contributed by atoms with van der Waals surface area (Å²) in [5.41, 5.74) is -0.740. The Morgan fingerprint density at radius 1 is 1.36 bits per heavy atom. The molecule has 0 aromatic carbocycles. The molecule has 3 heterocycles. The molecule has 5 nitrogen and oxygen atoms in total. The SMILES string of the molecule is O=C(N1CCC2OCCCC2(COCc2ccncc2)C1)C1(F)CC1. The van der Waals surface area contributed by atoms with Gasteiger partial charge in [-0.25, -0.2) is 4.39 Å². The Balaban J connectivity index is 1.43. The lowest BCUT2D eigenvalue weighted by atomic mass is 9.73. The summed E-state index contributed by atoms with van der Waals surface area (Å²) in [7, 11) is 0. The van der Waals surface area contributed by atoms with E-state index in [9.17, 15) is 9.18 Å². The number of nitrogens with zero attached hydrogens (tertiary/aromatic N) is 2. The monoisotopic (exact) mass is 348 g/mol. The van der Waals surface area contributed by atoms with Crippen LogP contribution in [-0.4, -0.2) is 53.9 Å². The summed E-state index contributed by atoms with van der Waals surface area (Å²) in [6.45, 7) is 2.93. The van der Waals surface area contributed by atoms with Crippen molar-refractivity contribution in [3.63, 3.8) is 0 Å². The predicted molar refractivity (Wildman–Crippen MR) is 89.6 cm³/mol. The Kier molecular flexibility index (Phi) is 4.50. The number of alkyl halides is 1. The van der Waals surface area contributed by atoms with Crippen LogP contribution in [0.3, 0.4) is 0 Å². The molecule has 1 saturated carbocycles. The first-order valence-electron chi connectivity index (χ1n) is 9.18. The Morgan fingerprint density at radius 2 is 2.16 bits per heavy atom. The standard InChI is InChI=1S/C19H25FN2O3/c20-19(6-7-19)17(23)22-10-4-16-18(13-22,5-1-11-25-16)14-24-12-15-2-8-21-9-3-15/h2-3,8-9,16H,1,4-7,10-14H2. The topological polar surface area (TPSA) is 51.7 Å². The summed E-state index contributed by atoms with van der Waals surface area (Å²) in [5, 5.41) is 0. The molecule has 3 aliphatic rings. The van der Waals surface area contributed by atoms with Gasteiger partial charge in [0, 0.05) is 37.5 Å². The fraction of sp³-hybridized carbons (Fsp3) is 0.684. The van der Waals surface area contributed by atoms with E-state index in [2.05, 4.69) is 4.98 Å². The number of piperidine rings is 1.